The first-order valence-electron chi connectivity index (χ1n) is 22.5. The summed E-state index contributed by atoms with van der Waals surface area (Å²) in [5, 5.41) is 10.1. The monoisotopic (exact) mass is 859 g/mol. The van der Waals surface area contributed by atoms with Crippen molar-refractivity contribution in [2.24, 2.45) is 0 Å². The summed E-state index contributed by atoms with van der Waals surface area (Å²) in [5.41, 5.74) is 12.4. The molecule has 0 bridgehead atoms. The summed E-state index contributed by atoms with van der Waals surface area (Å²) in [6.45, 7) is 0. The van der Waals surface area contributed by atoms with E-state index in [9.17, 15) is 0 Å². The normalized spacial score (nSPS) is 11.6. The standard InChI is InChI=1S/C62H41N3S/c1-3-18-47(19-4-1)63(51-22-13-17-45(39-51)46-28-37-61-58(40-46)57-35-27-43-15-9-10-23-54(43)62(57)66-61)49-30-32-50(33-31-49)64(52-29-26-42-14-7-8-16-44(42)38-52)53-34-36-56-55-24-11-12-25-59(55)65(60(56)41-53)48-20-5-2-6-21-48/h1-41H. The number of anilines is 6. The van der Waals surface area contributed by atoms with E-state index in [0.717, 1.165) is 45.3 Å². The number of thiophene rings is 1. The van der Waals surface area contributed by atoms with Crippen molar-refractivity contribution in [3.8, 4) is 16.8 Å². The van der Waals surface area contributed by atoms with Gasteiger partial charge >= 0.3 is 0 Å². The Bertz CT molecular complexity index is 3940. The second-order valence-electron chi connectivity index (χ2n) is 17.0. The molecule has 0 unspecified atom stereocenters. The molecule has 0 amide bonds. The first-order valence-corrected chi connectivity index (χ1v) is 23.3. The van der Waals surface area contributed by atoms with Crippen molar-refractivity contribution in [1.82, 2.24) is 4.57 Å². The minimum absolute atomic E-state index is 1.07. The second-order valence-corrected chi connectivity index (χ2v) is 18.0. The van der Waals surface area contributed by atoms with Gasteiger partial charge in [-0.3, -0.25) is 0 Å². The van der Waals surface area contributed by atoms with Crippen LogP contribution >= 0.6 is 11.3 Å². The molecule has 0 atom stereocenters. The van der Waals surface area contributed by atoms with Crippen LogP contribution in [0.15, 0.2) is 249 Å². The molecule has 0 N–H and O–H groups in total. The molecular weight excluding hydrogens is 819 g/mol. The largest absolute Gasteiger partial charge is 0.310 e. The molecule has 0 radical (unpaired) electrons. The third-order valence-electron chi connectivity index (χ3n) is 13.1. The topological polar surface area (TPSA) is 11.4 Å². The van der Waals surface area contributed by atoms with E-state index in [1.165, 1.54) is 69.1 Å². The Labute approximate surface area is 386 Å². The molecule has 310 valence electrons. The maximum Gasteiger partial charge on any atom is 0.0561 e. The van der Waals surface area contributed by atoms with Gasteiger partial charge in [-0.15, -0.1) is 11.3 Å². The molecule has 2 heterocycles. The molecule has 0 fully saturated rings. The lowest BCUT2D eigenvalue weighted by molar-refractivity contribution is 1.18. The summed E-state index contributed by atoms with van der Waals surface area (Å²) in [7, 11) is 0. The average molecular weight is 860 g/mol. The van der Waals surface area contributed by atoms with Crippen LogP contribution in [0.4, 0.5) is 34.1 Å². The van der Waals surface area contributed by atoms with Crippen molar-refractivity contribution in [2.75, 3.05) is 9.80 Å². The van der Waals surface area contributed by atoms with Crippen LogP contribution in [-0.4, -0.2) is 4.57 Å². The number of rotatable bonds is 8. The summed E-state index contributed by atoms with van der Waals surface area (Å²) in [6.07, 6.45) is 0. The summed E-state index contributed by atoms with van der Waals surface area (Å²) >= 11 is 1.89. The van der Waals surface area contributed by atoms with Crippen LogP contribution in [-0.2, 0) is 0 Å². The lowest BCUT2D eigenvalue weighted by atomic mass is 10.0. The van der Waals surface area contributed by atoms with Gasteiger partial charge in [0.05, 0.1) is 11.0 Å². The maximum atomic E-state index is 2.39. The van der Waals surface area contributed by atoms with Gasteiger partial charge in [0, 0.05) is 70.8 Å². The van der Waals surface area contributed by atoms with Crippen LogP contribution in [0, 0.1) is 0 Å². The van der Waals surface area contributed by atoms with E-state index >= 15 is 0 Å². The highest BCUT2D eigenvalue weighted by atomic mass is 32.1. The summed E-state index contributed by atoms with van der Waals surface area (Å²) in [4.78, 5) is 4.76. The highest BCUT2D eigenvalue weighted by molar-refractivity contribution is 7.26. The molecule has 66 heavy (non-hydrogen) atoms. The highest BCUT2D eigenvalue weighted by Gasteiger charge is 2.20. The second kappa shape index (κ2) is 15.7. The molecule has 4 heteroatoms. The van der Waals surface area contributed by atoms with Crippen LogP contribution in [0.1, 0.15) is 0 Å². The Hall–Kier alpha value is -8.44. The first kappa shape index (κ1) is 38.1. The van der Waals surface area contributed by atoms with Crippen LogP contribution in [0.5, 0.6) is 0 Å². The molecular formula is C62H41N3S. The van der Waals surface area contributed by atoms with E-state index in [4.69, 9.17) is 0 Å². The highest BCUT2D eigenvalue weighted by Crippen LogP contribution is 2.44. The van der Waals surface area contributed by atoms with Gasteiger partial charge in [-0.25, -0.2) is 0 Å². The Morgan fingerprint density at radius 2 is 0.833 bits per heavy atom. The van der Waals surface area contributed by atoms with Gasteiger partial charge in [0.15, 0.2) is 0 Å². The summed E-state index contributed by atoms with van der Waals surface area (Å²) in [5.74, 6) is 0. The first-order chi connectivity index (χ1) is 32.7. The fraction of sp³-hybridized carbons (Fsp3) is 0. The number of hydrogen-bond acceptors (Lipinski definition) is 3. The summed E-state index contributed by atoms with van der Waals surface area (Å²) in [6, 6.07) is 90.6. The van der Waals surface area contributed by atoms with E-state index < -0.39 is 0 Å². The smallest absolute Gasteiger partial charge is 0.0561 e. The van der Waals surface area contributed by atoms with Gasteiger partial charge in [0.1, 0.15) is 0 Å². The third kappa shape index (κ3) is 6.42. The SMILES string of the molecule is c1ccc(N(c2ccc(N(c3ccc4ccccc4c3)c3ccc4c5ccccc5n(-c5ccccc5)c4c3)cc2)c2cccc(-c3ccc4sc5c6ccccc6ccc5c4c3)c2)cc1. The van der Waals surface area contributed by atoms with Crippen LogP contribution in [0.3, 0.4) is 0 Å². The molecule has 13 aromatic rings. The van der Waals surface area contributed by atoms with Crippen LogP contribution < -0.4 is 9.80 Å². The minimum Gasteiger partial charge on any atom is -0.310 e. The quantitative estimate of drug-likeness (QED) is 0.151. The lowest BCUT2D eigenvalue weighted by Crippen LogP contribution is -2.12. The zero-order chi connectivity index (χ0) is 43.6. The van der Waals surface area contributed by atoms with E-state index in [0.29, 0.717) is 0 Å². The molecule has 0 aliphatic carbocycles. The molecule has 0 aliphatic heterocycles. The van der Waals surface area contributed by atoms with Crippen molar-refractivity contribution in [1.29, 1.82) is 0 Å². The Balaban J connectivity index is 0.928. The van der Waals surface area contributed by atoms with E-state index in [2.05, 4.69) is 263 Å². The number of nitrogens with zero attached hydrogens (tertiary/aromatic N) is 3. The minimum atomic E-state index is 1.07. The summed E-state index contributed by atoms with van der Waals surface area (Å²) < 4.78 is 5.05. The Kier molecular flexibility index (Phi) is 9.03. The van der Waals surface area contributed by atoms with Gasteiger partial charge in [0.2, 0.25) is 0 Å². The van der Waals surface area contributed by atoms with Gasteiger partial charge in [0.25, 0.3) is 0 Å². The Morgan fingerprint density at radius 1 is 0.288 bits per heavy atom. The van der Waals surface area contributed by atoms with Gasteiger partial charge in [-0.2, -0.15) is 0 Å². The average Bonchev–Trinajstić information content (AvgIpc) is 3.93. The van der Waals surface area contributed by atoms with Gasteiger partial charge in [-0.1, -0.05) is 146 Å². The fourth-order valence-electron chi connectivity index (χ4n) is 10.00. The molecule has 3 nitrogen and oxygen atoms in total. The lowest BCUT2D eigenvalue weighted by Gasteiger charge is -2.29. The van der Waals surface area contributed by atoms with Crippen molar-refractivity contribution in [3.63, 3.8) is 0 Å². The third-order valence-corrected chi connectivity index (χ3v) is 14.3. The van der Waals surface area contributed by atoms with Gasteiger partial charge in [-0.05, 0) is 136 Å². The molecule has 13 rings (SSSR count). The number of para-hydroxylation sites is 3. The van der Waals surface area contributed by atoms with Crippen molar-refractivity contribution < 1.29 is 0 Å². The predicted molar refractivity (Wildman–Crippen MR) is 283 cm³/mol. The number of hydrogen-bond donors (Lipinski definition) is 0. The molecule has 11 aromatic carbocycles. The molecule has 0 aliphatic rings. The zero-order valence-electron chi connectivity index (χ0n) is 35.9. The maximum absolute atomic E-state index is 2.39. The van der Waals surface area contributed by atoms with E-state index in [-0.39, 0.29) is 0 Å². The number of aromatic nitrogens is 1. The van der Waals surface area contributed by atoms with Crippen LogP contribution in [0.25, 0.3) is 80.3 Å². The van der Waals surface area contributed by atoms with E-state index in [1.807, 2.05) is 11.3 Å². The van der Waals surface area contributed by atoms with Gasteiger partial charge < -0.3 is 14.4 Å². The predicted octanol–water partition coefficient (Wildman–Crippen LogP) is 18.1. The number of fused-ring (bicyclic) bond motifs is 9. The van der Waals surface area contributed by atoms with Crippen LogP contribution in [0.2, 0.25) is 0 Å². The molecule has 0 saturated carbocycles. The Morgan fingerprint density at radius 3 is 1.65 bits per heavy atom. The van der Waals surface area contributed by atoms with E-state index in [1.54, 1.807) is 0 Å². The van der Waals surface area contributed by atoms with Crippen molar-refractivity contribution >= 4 is 109 Å². The molecule has 0 spiro atoms. The molecule has 2 aromatic heterocycles. The van der Waals surface area contributed by atoms with Crippen molar-refractivity contribution in [2.45, 2.75) is 0 Å². The molecule has 0 saturated heterocycles. The van der Waals surface area contributed by atoms with Crippen molar-refractivity contribution in [3.05, 3.63) is 249 Å². The number of benzene rings is 11. The fourth-order valence-corrected chi connectivity index (χ4v) is 11.2. The zero-order valence-corrected chi connectivity index (χ0v) is 36.7.